The van der Waals surface area contributed by atoms with Gasteiger partial charge in [0.1, 0.15) is 0 Å². The second-order valence-electron chi connectivity index (χ2n) is 3.09. The minimum atomic E-state index is 0.195. The van der Waals surface area contributed by atoms with Gasteiger partial charge in [-0.05, 0) is 25.8 Å². The molecule has 0 radical (unpaired) electrons. The molecule has 0 aromatic carbocycles. The van der Waals surface area contributed by atoms with Gasteiger partial charge in [-0.1, -0.05) is 6.42 Å². The van der Waals surface area contributed by atoms with E-state index in [9.17, 15) is 4.79 Å². The first-order valence-electron chi connectivity index (χ1n) is 4.32. The molecule has 0 saturated carbocycles. The highest BCUT2D eigenvalue weighted by Gasteiger charge is 2.14. The van der Waals surface area contributed by atoms with Crippen molar-refractivity contribution >= 4 is 5.91 Å². The van der Waals surface area contributed by atoms with Gasteiger partial charge in [-0.25, -0.2) is 0 Å². The Balaban J connectivity index is 2.33. The monoisotopic (exact) mass is 156 g/mol. The highest BCUT2D eigenvalue weighted by Crippen LogP contribution is 2.10. The zero-order valence-electron chi connectivity index (χ0n) is 6.81. The molecular formula is C8H16N2O. The number of carbonyl (C=O) groups excluding carboxylic acids is 1. The molecule has 64 valence electrons. The van der Waals surface area contributed by atoms with Crippen LogP contribution in [-0.4, -0.2) is 18.5 Å². The third-order valence-electron chi connectivity index (χ3n) is 2.09. The van der Waals surface area contributed by atoms with Crippen molar-refractivity contribution in [1.29, 1.82) is 0 Å². The molecule has 1 aliphatic rings. The molecule has 0 bridgehead atoms. The maximum absolute atomic E-state index is 11.0. The summed E-state index contributed by atoms with van der Waals surface area (Å²) in [7, 11) is 0. The SMILES string of the molecule is NCC[C@H]1CCCCC(=O)N1. The zero-order valence-corrected chi connectivity index (χ0v) is 6.81. The number of rotatable bonds is 2. The van der Waals surface area contributed by atoms with E-state index < -0.39 is 0 Å². The molecule has 1 rings (SSSR count). The van der Waals surface area contributed by atoms with Crippen molar-refractivity contribution in [3.63, 3.8) is 0 Å². The molecule has 0 spiro atoms. The summed E-state index contributed by atoms with van der Waals surface area (Å²) in [4.78, 5) is 11.0. The number of amides is 1. The third kappa shape index (κ3) is 2.89. The molecule has 1 atom stereocenters. The van der Waals surface area contributed by atoms with Crippen LogP contribution in [0.1, 0.15) is 32.1 Å². The molecule has 1 heterocycles. The van der Waals surface area contributed by atoms with Crippen molar-refractivity contribution in [3.05, 3.63) is 0 Å². The summed E-state index contributed by atoms with van der Waals surface area (Å²) in [6.07, 6.45) is 4.91. The summed E-state index contributed by atoms with van der Waals surface area (Å²) in [6, 6.07) is 0.343. The van der Waals surface area contributed by atoms with Gasteiger partial charge in [0.25, 0.3) is 0 Å². The number of carbonyl (C=O) groups is 1. The fraction of sp³-hybridized carbons (Fsp3) is 0.875. The highest BCUT2D eigenvalue weighted by atomic mass is 16.1. The molecule has 0 aliphatic carbocycles. The minimum absolute atomic E-state index is 0.195. The Bertz CT molecular complexity index is 136. The number of hydrogen-bond acceptors (Lipinski definition) is 2. The van der Waals surface area contributed by atoms with E-state index in [1.165, 1.54) is 0 Å². The van der Waals surface area contributed by atoms with Crippen LogP contribution in [0.25, 0.3) is 0 Å². The zero-order chi connectivity index (χ0) is 8.10. The van der Waals surface area contributed by atoms with Crippen LogP contribution < -0.4 is 11.1 Å². The standard InChI is InChI=1S/C8H16N2O/c9-6-5-7-3-1-2-4-8(11)10-7/h7H,1-6,9H2,(H,10,11)/t7-/m1/s1. The first-order chi connectivity index (χ1) is 5.33. The van der Waals surface area contributed by atoms with Crippen molar-refractivity contribution in [2.24, 2.45) is 5.73 Å². The van der Waals surface area contributed by atoms with E-state index in [0.717, 1.165) is 25.7 Å². The van der Waals surface area contributed by atoms with Gasteiger partial charge in [-0.2, -0.15) is 0 Å². The molecule has 1 saturated heterocycles. The summed E-state index contributed by atoms with van der Waals surface area (Å²) in [5.41, 5.74) is 5.40. The Kier molecular flexibility index (Phi) is 3.36. The predicted molar refractivity (Wildman–Crippen MR) is 44.1 cm³/mol. The van der Waals surface area contributed by atoms with Crippen LogP contribution in [0, 0.1) is 0 Å². The van der Waals surface area contributed by atoms with Crippen molar-refractivity contribution in [2.45, 2.75) is 38.1 Å². The van der Waals surface area contributed by atoms with Crippen molar-refractivity contribution < 1.29 is 4.79 Å². The summed E-state index contributed by atoms with van der Waals surface area (Å²) in [6.45, 7) is 0.672. The van der Waals surface area contributed by atoms with E-state index in [1.807, 2.05) is 0 Å². The fourth-order valence-corrected chi connectivity index (χ4v) is 1.47. The summed E-state index contributed by atoms with van der Waals surface area (Å²) in [5, 5.41) is 2.96. The van der Waals surface area contributed by atoms with E-state index in [1.54, 1.807) is 0 Å². The second-order valence-corrected chi connectivity index (χ2v) is 3.09. The van der Waals surface area contributed by atoms with E-state index >= 15 is 0 Å². The van der Waals surface area contributed by atoms with Crippen LogP contribution in [-0.2, 0) is 4.79 Å². The largest absolute Gasteiger partial charge is 0.353 e. The lowest BCUT2D eigenvalue weighted by Crippen LogP contribution is -2.34. The van der Waals surface area contributed by atoms with Gasteiger partial charge in [-0.15, -0.1) is 0 Å². The van der Waals surface area contributed by atoms with Gasteiger partial charge in [0, 0.05) is 12.5 Å². The van der Waals surface area contributed by atoms with Crippen LogP contribution in [0.3, 0.4) is 0 Å². The average Bonchev–Trinajstić information content (AvgIpc) is 2.15. The first kappa shape index (κ1) is 8.53. The smallest absolute Gasteiger partial charge is 0.220 e. The van der Waals surface area contributed by atoms with Crippen LogP contribution in [0.2, 0.25) is 0 Å². The van der Waals surface area contributed by atoms with Crippen LogP contribution >= 0.6 is 0 Å². The Morgan fingerprint density at radius 2 is 2.36 bits per heavy atom. The second kappa shape index (κ2) is 4.34. The van der Waals surface area contributed by atoms with Gasteiger partial charge in [0.15, 0.2) is 0 Å². The fourth-order valence-electron chi connectivity index (χ4n) is 1.47. The van der Waals surface area contributed by atoms with E-state index in [4.69, 9.17) is 5.73 Å². The van der Waals surface area contributed by atoms with Crippen molar-refractivity contribution in [2.75, 3.05) is 6.54 Å². The maximum atomic E-state index is 11.0. The Morgan fingerprint density at radius 3 is 3.09 bits per heavy atom. The Morgan fingerprint density at radius 1 is 1.55 bits per heavy atom. The average molecular weight is 156 g/mol. The number of nitrogens with one attached hydrogen (secondary N) is 1. The van der Waals surface area contributed by atoms with Crippen LogP contribution in [0.5, 0.6) is 0 Å². The predicted octanol–water partition coefficient (Wildman–Crippen LogP) is 0.394. The van der Waals surface area contributed by atoms with E-state index in [-0.39, 0.29) is 5.91 Å². The molecule has 3 N–H and O–H groups in total. The molecule has 11 heavy (non-hydrogen) atoms. The molecule has 0 aromatic rings. The Labute approximate surface area is 67.3 Å². The van der Waals surface area contributed by atoms with Gasteiger partial charge in [0.05, 0.1) is 0 Å². The van der Waals surface area contributed by atoms with Crippen LogP contribution in [0.4, 0.5) is 0 Å². The molecule has 1 fully saturated rings. The minimum Gasteiger partial charge on any atom is -0.353 e. The Hall–Kier alpha value is -0.570. The quantitative estimate of drug-likeness (QED) is 0.608. The molecule has 1 aliphatic heterocycles. The molecule has 3 heteroatoms. The van der Waals surface area contributed by atoms with Crippen molar-refractivity contribution in [1.82, 2.24) is 5.32 Å². The number of nitrogens with two attached hydrogens (primary N) is 1. The highest BCUT2D eigenvalue weighted by molar-refractivity contribution is 5.76. The lowest BCUT2D eigenvalue weighted by atomic mass is 10.1. The summed E-state index contributed by atoms with van der Waals surface area (Å²) < 4.78 is 0. The maximum Gasteiger partial charge on any atom is 0.220 e. The lowest BCUT2D eigenvalue weighted by molar-refractivity contribution is -0.121. The summed E-state index contributed by atoms with van der Waals surface area (Å²) in [5.74, 6) is 0.195. The van der Waals surface area contributed by atoms with Gasteiger partial charge in [0.2, 0.25) is 5.91 Å². The van der Waals surface area contributed by atoms with Gasteiger partial charge in [-0.3, -0.25) is 4.79 Å². The number of hydrogen-bond donors (Lipinski definition) is 2. The summed E-state index contributed by atoms with van der Waals surface area (Å²) >= 11 is 0. The topological polar surface area (TPSA) is 55.1 Å². The first-order valence-corrected chi connectivity index (χ1v) is 4.32. The molecule has 3 nitrogen and oxygen atoms in total. The van der Waals surface area contributed by atoms with Crippen LogP contribution in [0.15, 0.2) is 0 Å². The molecule has 1 amide bonds. The molecule has 0 aromatic heterocycles. The molecular weight excluding hydrogens is 140 g/mol. The molecule has 0 unspecified atom stereocenters. The van der Waals surface area contributed by atoms with Gasteiger partial charge < -0.3 is 11.1 Å². The van der Waals surface area contributed by atoms with Crippen molar-refractivity contribution in [3.8, 4) is 0 Å². The third-order valence-corrected chi connectivity index (χ3v) is 2.09. The van der Waals surface area contributed by atoms with E-state index in [2.05, 4.69) is 5.32 Å². The normalized spacial score (nSPS) is 25.9. The van der Waals surface area contributed by atoms with E-state index in [0.29, 0.717) is 19.0 Å². The lowest BCUT2D eigenvalue weighted by Gasteiger charge is -2.13. The van der Waals surface area contributed by atoms with Gasteiger partial charge >= 0.3 is 0 Å².